The number of aryl methyl sites for hydroxylation is 1. The van der Waals surface area contributed by atoms with Crippen LogP contribution in [0.5, 0.6) is 0 Å². The highest BCUT2D eigenvalue weighted by atomic mass is 15.1. The fourth-order valence-corrected chi connectivity index (χ4v) is 2.12. The van der Waals surface area contributed by atoms with E-state index in [1.807, 2.05) is 35.8 Å². The fraction of sp³-hybridized carbons (Fsp3) is 0.143. The minimum absolute atomic E-state index is 0.241. The molecule has 0 spiro atoms. The third kappa shape index (κ3) is 1.83. The summed E-state index contributed by atoms with van der Waals surface area (Å²) in [5.41, 5.74) is 2.61. The number of benzene rings is 1. The van der Waals surface area contributed by atoms with Crippen molar-refractivity contribution in [3.8, 4) is 11.9 Å². The van der Waals surface area contributed by atoms with E-state index < -0.39 is 0 Å². The molecule has 3 rings (SSSR count). The van der Waals surface area contributed by atoms with E-state index in [4.69, 9.17) is 5.26 Å². The van der Waals surface area contributed by atoms with Crippen LogP contribution in [0, 0.1) is 18.3 Å². The first-order valence-electron chi connectivity index (χ1n) is 5.92. The van der Waals surface area contributed by atoms with E-state index in [0.717, 1.165) is 22.5 Å². The second-order valence-electron chi connectivity index (χ2n) is 4.15. The van der Waals surface area contributed by atoms with Gasteiger partial charge in [0.15, 0.2) is 5.82 Å². The predicted molar refractivity (Wildman–Crippen MR) is 70.7 cm³/mol. The number of hydrogen-bond acceptors (Lipinski definition) is 4. The molecule has 0 unspecified atom stereocenters. The van der Waals surface area contributed by atoms with Crippen molar-refractivity contribution in [2.75, 3.05) is 0 Å². The van der Waals surface area contributed by atoms with Gasteiger partial charge in [0.05, 0.1) is 29.2 Å². The average Bonchev–Trinajstić information content (AvgIpc) is 2.78. The number of para-hydroxylation sites is 2. The molecular weight excluding hydrogens is 238 g/mol. The Hall–Kier alpha value is -2.74. The molecule has 0 aliphatic heterocycles. The molecule has 0 N–H and O–H groups in total. The molecule has 0 amide bonds. The lowest BCUT2D eigenvalue weighted by Crippen LogP contribution is -2.06. The summed E-state index contributed by atoms with van der Waals surface area (Å²) in [7, 11) is 0. The summed E-state index contributed by atoms with van der Waals surface area (Å²) in [5.74, 6) is 1.41. The number of rotatable bonds is 2. The van der Waals surface area contributed by atoms with Crippen molar-refractivity contribution in [3.63, 3.8) is 0 Å². The second-order valence-corrected chi connectivity index (χ2v) is 4.15. The molecule has 0 aliphatic carbocycles. The van der Waals surface area contributed by atoms with Crippen LogP contribution in [0.1, 0.15) is 11.5 Å². The van der Waals surface area contributed by atoms with Crippen molar-refractivity contribution < 1.29 is 0 Å². The van der Waals surface area contributed by atoms with Crippen molar-refractivity contribution >= 4 is 11.0 Å². The average molecular weight is 249 g/mol. The Labute approximate surface area is 110 Å². The SMILES string of the molecule is Cc1nccnc1-n1c(CC#N)nc2ccccc21. The number of nitrogens with zero attached hydrogens (tertiary/aromatic N) is 5. The lowest BCUT2D eigenvalue weighted by atomic mass is 10.3. The van der Waals surface area contributed by atoms with Crippen molar-refractivity contribution in [3.05, 3.63) is 48.2 Å². The normalized spacial score (nSPS) is 10.5. The Morgan fingerprint density at radius 2 is 2.00 bits per heavy atom. The number of imidazole rings is 1. The number of nitriles is 1. The third-order valence-corrected chi connectivity index (χ3v) is 2.93. The van der Waals surface area contributed by atoms with Gasteiger partial charge in [-0.15, -0.1) is 0 Å². The van der Waals surface area contributed by atoms with Crippen LogP contribution in [0.4, 0.5) is 0 Å². The predicted octanol–water partition coefficient (Wildman–Crippen LogP) is 2.19. The highest BCUT2D eigenvalue weighted by Crippen LogP contribution is 2.21. The summed E-state index contributed by atoms with van der Waals surface area (Å²) >= 11 is 0. The lowest BCUT2D eigenvalue weighted by molar-refractivity contribution is 0.893. The van der Waals surface area contributed by atoms with Crippen molar-refractivity contribution in [2.45, 2.75) is 13.3 Å². The van der Waals surface area contributed by atoms with Gasteiger partial charge in [-0.3, -0.25) is 9.55 Å². The first-order valence-corrected chi connectivity index (χ1v) is 5.92. The van der Waals surface area contributed by atoms with Gasteiger partial charge in [0, 0.05) is 12.4 Å². The Morgan fingerprint density at radius 3 is 2.79 bits per heavy atom. The number of aromatic nitrogens is 4. The van der Waals surface area contributed by atoms with Crippen molar-refractivity contribution in [2.24, 2.45) is 0 Å². The minimum Gasteiger partial charge on any atom is -0.278 e. The number of hydrogen-bond donors (Lipinski definition) is 0. The Kier molecular flexibility index (Phi) is 2.69. The van der Waals surface area contributed by atoms with Gasteiger partial charge in [0.25, 0.3) is 0 Å². The van der Waals surface area contributed by atoms with E-state index in [2.05, 4.69) is 21.0 Å². The first-order chi connectivity index (χ1) is 9.31. The molecule has 0 saturated heterocycles. The molecule has 0 bridgehead atoms. The standard InChI is InChI=1S/C14H11N5/c1-10-14(17-9-8-16-10)19-12-5-3-2-4-11(12)18-13(19)6-7-15/h2-5,8-9H,6H2,1H3. The molecule has 2 heterocycles. The second kappa shape index (κ2) is 4.50. The van der Waals surface area contributed by atoms with E-state index in [9.17, 15) is 0 Å². The molecule has 1 aromatic carbocycles. The molecule has 0 fully saturated rings. The maximum atomic E-state index is 8.95. The zero-order chi connectivity index (χ0) is 13.2. The maximum Gasteiger partial charge on any atom is 0.160 e. The molecular formula is C14H11N5. The largest absolute Gasteiger partial charge is 0.278 e. The van der Waals surface area contributed by atoms with Crippen molar-refractivity contribution in [1.82, 2.24) is 19.5 Å². The maximum absolute atomic E-state index is 8.95. The van der Waals surface area contributed by atoms with Crippen LogP contribution in [0.2, 0.25) is 0 Å². The van der Waals surface area contributed by atoms with E-state index in [0.29, 0.717) is 5.82 Å². The van der Waals surface area contributed by atoms with Crippen LogP contribution < -0.4 is 0 Å². The van der Waals surface area contributed by atoms with Gasteiger partial charge in [-0.25, -0.2) is 9.97 Å². The molecule has 0 saturated carbocycles. The van der Waals surface area contributed by atoms with Gasteiger partial charge in [0.1, 0.15) is 5.82 Å². The van der Waals surface area contributed by atoms with E-state index >= 15 is 0 Å². The summed E-state index contributed by atoms with van der Waals surface area (Å²) < 4.78 is 1.90. The number of fused-ring (bicyclic) bond motifs is 1. The van der Waals surface area contributed by atoms with Gasteiger partial charge < -0.3 is 0 Å². The van der Waals surface area contributed by atoms with Gasteiger partial charge in [-0.05, 0) is 19.1 Å². The van der Waals surface area contributed by atoms with Crippen LogP contribution in [-0.4, -0.2) is 19.5 Å². The Bertz CT molecular complexity index is 782. The molecule has 0 radical (unpaired) electrons. The van der Waals surface area contributed by atoms with Gasteiger partial charge >= 0.3 is 0 Å². The lowest BCUT2D eigenvalue weighted by Gasteiger charge is -2.08. The molecule has 2 aromatic heterocycles. The quantitative estimate of drug-likeness (QED) is 0.698. The zero-order valence-corrected chi connectivity index (χ0v) is 10.4. The van der Waals surface area contributed by atoms with Gasteiger partial charge in [0.2, 0.25) is 0 Å². The molecule has 0 atom stereocenters. The molecule has 19 heavy (non-hydrogen) atoms. The van der Waals surface area contributed by atoms with Crippen LogP contribution in [0.25, 0.3) is 16.9 Å². The van der Waals surface area contributed by atoms with Gasteiger partial charge in [-0.2, -0.15) is 5.26 Å². The third-order valence-electron chi connectivity index (χ3n) is 2.93. The van der Waals surface area contributed by atoms with E-state index in [1.54, 1.807) is 12.4 Å². The van der Waals surface area contributed by atoms with E-state index in [-0.39, 0.29) is 6.42 Å². The zero-order valence-electron chi connectivity index (χ0n) is 10.4. The summed E-state index contributed by atoms with van der Waals surface area (Å²) in [6.45, 7) is 1.90. The molecule has 92 valence electrons. The summed E-state index contributed by atoms with van der Waals surface area (Å²) in [5, 5.41) is 8.95. The Balaban J connectivity index is 2.35. The summed E-state index contributed by atoms with van der Waals surface area (Å²) in [6, 6.07) is 9.92. The van der Waals surface area contributed by atoms with Crippen LogP contribution in [0.15, 0.2) is 36.7 Å². The van der Waals surface area contributed by atoms with Crippen LogP contribution in [-0.2, 0) is 6.42 Å². The molecule has 3 aromatic rings. The van der Waals surface area contributed by atoms with Gasteiger partial charge in [-0.1, -0.05) is 12.1 Å². The monoisotopic (exact) mass is 249 g/mol. The molecule has 0 aliphatic rings. The van der Waals surface area contributed by atoms with Crippen LogP contribution in [0.3, 0.4) is 0 Å². The smallest absolute Gasteiger partial charge is 0.160 e. The van der Waals surface area contributed by atoms with E-state index in [1.165, 1.54) is 0 Å². The summed E-state index contributed by atoms with van der Waals surface area (Å²) in [6.07, 6.45) is 3.54. The Morgan fingerprint density at radius 1 is 1.21 bits per heavy atom. The minimum atomic E-state index is 0.241. The van der Waals surface area contributed by atoms with Crippen LogP contribution >= 0.6 is 0 Å². The first kappa shape index (κ1) is 11.4. The summed E-state index contributed by atoms with van der Waals surface area (Å²) in [4.78, 5) is 13.1. The highest BCUT2D eigenvalue weighted by molar-refractivity contribution is 5.78. The molecule has 5 heteroatoms. The molecule has 5 nitrogen and oxygen atoms in total. The fourth-order valence-electron chi connectivity index (χ4n) is 2.12. The highest BCUT2D eigenvalue weighted by Gasteiger charge is 2.14. The topological polar surface area (TPSA) is 67.4 Å². The van der Waals surface area contributed by atoms with Crippen molar-refractivity contribution in [1.29, 1.82) is 5.26 Å².